The number of nitriles is 1. The maximum Gasteiger partial charge on any atom is 0.161 e. The highest BCUT2D eigenvalue weighted by atomic mass is 16.5. The zero-order valence-electron chi connectivity index (χ0n) is 13.5. The van der Waals surface area contributed by atoms with E-state index in [4.69, 9.17) is 9.47 Å². The van der Waals surface area contributed by atoms with Crippen LogP contribution in [0.4, 0.5) is 0 Å². The normalized spacial score (nSPS) is 11.1. The van der Waals surface area contributed by atoms with Gasteiger partial charge in [-0.2, -0.15) is 5.26 Å². The molecule has 0 aliphatic heterocycles. The van der Waals surface area contributed by atoms with Gasteiger partial charge in [0.25, 0.3) is 0 Å². The van der Waals surface area contributed by atoms with Crippen molar-refractivity contribution in [2.45, 2.75) is 0 Å². The quantitative estimate of drug-likeness (QED) is 0.673. The summed E-state index contributed by atoms with van der Waals surface area (Å²) in [6.07, 6.45) is 1.79. The van der Waals surface area contributed by atoms with E-state index in [1.165, 1.54) is 0 Å². The molecule has 4 nitrogen and oxygen atoms in total. The summed E-state index contributed by atoms with van der Waals surface area (Å²) >= 11 is 0. The molecule has 0 fully saturated rings. The van der Waals surface area contributed by atoms with Gasteiger partial charge in [0.15, 0.2) is 11.5 Å². The molecule has 0 aliphatic rings. The topological polar surface area (TPSA) is 55.1 Å². The first kappa shape index (κ1) is 15.6. The highest BCUT2D eigenvalue weighted by Crippen LogP contribution is 2.29. The summed E-state index contributed by atoms with van der Waals surface area (Å²) in [4.78, 5) is 4.57. The summed E-state index contributed by atoms with van der Waals surface area (Å²) in [5, 5.41) is 10.6. The summed E-state index contributed by atoms with van der Waals surface area (Å²) in [5.74, 6) is 1.27. The van der Waals surface area contributed by atoms with E-state index in [1.54, 1.807) is 20.3 Å². The van der Waals surface area contributed by atoms with E-state index in [0.717, 1.165) is 16.5 Å². The number of methoxy groups -OCH3 is 2. The van der Waals surface area contributed by atoms with Crippen molar-refractivity contribution >= 4 is 22.6 Å². The van der Waals surface area contributed by atoms with Crippen molar-refractivity contribution in [3.8, 4) is 17.6 Å². The molecule has 0 atom stereocenters. The molecule has 1 aromatic heterocycles. The van der Waals surface area contributed by atoms with Crippen molar-refractivity contribution in [3.63, 3.8) is 0 Å². The Morgan fingerprint density at radius 2 is 1.79 bits per heavy atom. The van der Waals surface area contributed by atoms with Gasteiger partial charge in [0.2, 0.25) is 0 Å². The SMILES string of the molecule is COc1ccc(/C=C(\C#N)c2ccc3ccccc3n2)cc1OC. The Bertz CT molecular complexity index is 955. The molecule has 0 amide bonds. The summed E-state index contributed by atoms with van der Waals surface area (Å²) in [6.45, 7) is 0. The predicted molar refractivity (Wildman–Crippen MR) is 94.8 cm³/mol. The van der Waals surface area contributed by atoms with Crippen molar-refractivity contribution in [3.05, 3.63) is 65.9 Å². The van der Waals surface area contributed by atoms with Crippen LogP contribution in [0.1, 0.15) is 11.3 Å². The van der Waals surface area contributed by atoms with Gasteiger partial charge in [-0.1, -0.05) is 30.3 Å². The maximum absolute atomic E-state index is 9.53. The summed E-state index contributed by atoms with van der Waals surface area (Å²) in [5.41, 5.74) is 2.85. The molecule has 0 bridgehead atoms. The molecule has 0 saturated carbocycles. The van der Waals surface area contributed by atoms with Crippen LogP contribution >= 0.6 is 0 Å². The number of benzene rings is 2. The van der Waals surface area contributed by atoms with Crippen LogP contribution in [0, 0.1) is 11.3 Å². The van der Waals surface area contributed by atoms with Crippen molar-refractivity contribution in [2.75, 3.05) is 14.2 Å². The lowest BCUT2D eigenvalue weighted by atomic mass is 10.1. The van der Waals surface area contributed by atoms with E-state index in [-0.39, 0.29) is 0 Å². The molecule has 0 N–H and O–H groups in total. The zero-order chi connectivity index (χ0) is 16.9. The van der Waals surface area contributed by atoms with E-state index in [0.29, 0.717) is 22.8 Å². The largest absolute Gasteiger partial charge is 0.493 e. The fraction of sp³-hybridized carbons (Fsp3) is 0.100. The van der Waals surface area contributed by atoms with E-state index >= 15 is 0 Å². The third-order valence-electron chi connectivity index (χ3n) is 3.71. The summed E-state index contributed by atoms with van der Waals surface area (Å²) < 4.78 is 10.5. The molecule has 0 radical (unpaired) electrons. The van der Waals surface area contributed by atoms with E-state index in [9.17, 15) is 5.26 Å². The number of para-hydroxylation sites is 1. The number of fused-ring (bicyclic) bond motifs is 1. The number of hydrogen-bond donors (Lipinski definition) is 0. The third kappa shape index (κ3) is 3.06. The molecule has 4 heteroatoms. The van der Waals surface area contributed by atoms with E-state index in [1.807, 2.05) is 54.6 Å². The fourth-order valence-corrected chi connectivity index (χ4v) is 2.49. The standard InChI is InChI=1S/C20H16N2O2/c1-23-19-10-7-14(12-20(19)24-2)11-16(13-21)18-9-8-15-5-3-4-6-17(15)22-18/h3-12H,1-2H3/b16-11+. The minimum Gasteiger partial charge on any atom is -0.493 e. The van der Waals surface area contributed by atoms with Gasteiger partial charge in [0, 0.05) is 5.39 Å². The van der Waals surface area contributed by atoms with Crippen molar-refractivity contribution in [1.82, 2.24) is 4.98 Å². The van der Waals surface area contributed by atoms with Crippen LogP contribution in [0.5, 0.6) is 11.5 Å². The van der Waals surface area contributed by atoms with Crippen LogP contribution in [-0.4, -0.2) is 19.2 Å². The highest BCUT2D eigenvalue weighted by Gasteiger charge is 2.07. The first-order valence-electron chi connectivity index (χ1n) is 7.45. The van der Waals surface area contributed by atoms with Gasteiger partial charge >= 0.3 is 0 Å². The lowest BCUT2D eigenvalue weighted by Gasteiger charge is -2.08. The number of pyridine rings is 1. The Balaban J connectivity index is 2.04. The number of nitrogens with zero attached hydrogens (tertiary/aromatic N) is 2. The van der Waals surface area contributed by atoms with E-state index in [2.05, 4.69) is 11.1 Å². The number of rotatable bonds is 4. The van der Waals surface area contributed by atoms with Crippen LogP contribution < -0.4 is 9.47 Å². The van der Waals surface area contributed by atoms with Gasteiger partial charge < -0.3 is 9.47 Å². The molecule has 3 aromatic rings. The van der Waals surface area contributed by atoms with Crippen molar-refractivity contribution in [2.24, 2.45) is 0 Å². The van der Waals surface area contributed by atoms with Crippen molar-refractivity contribution < 1.29 is 9.47 Å². The predicted octanol–water partition coefficient (Wildman–Crippen LogP) is 4.32. The summed E-state index contributed by atoms with van der Waals surface area (Å²) in [6, 6.07) is 19.4. The van der Waals surface area contributed by atoms with E-state index < -0.39 is 0 Å². The molecule has 24 heavy (non-hydrogen) atoms. The Labute approximate surface area is 140 Å². The number of allylic oxidation sites excluding steroid dienone is 1. The molecule has 118 valence electrons. The molecule has 0 aliphatic carbocycles. The van der Waals surface area contributed by atoms with Crippen molar-refractivity contribution in [1.29, 1.82) is 5.26 Å². The number of ether oxygens (including phenoxy) is 2. The Kier molecular flexibility index (Phi) is 4.44. The summed E-state index contributed by atoms with van der Waals surface area (Å²) in [7, 11) is 3.18. The first-order chi connectivity index (χ1) is 11.7. The minimum atomic E-state index is 0.493. The lowest BCUT2D eigenvalue weighted by Crippen LogP contribution is -1.91. The Morgan fingerprint density at radius 3 is 2.54 bits per heavy atom. The molecule has 2 aromatic carbocycles. The second-order valence-corrected chi connectivity index (χ2v) is 5.17. The van der Waals surface area contributed by atoms with Gasteiger partial charge in [-0.15, -0.1) is 0 Å². The molecule has 0 unspecified atom stereocenters. The first-order valence-corrected chi connectivity index (χ1v) is 7.45. The lowest BCUT2D eigenvalue weighted by molar-refractivity contribution is 0.355. The van der Waals surface area contributed by atoms with Gasteiger partial charge in [0.1, 0.15) is 6.07 Å². The Hall–Kier alpha value is -3.32. The van der Waals surface area contributed by atoms with Crippen LogP contribution in [0.25, 0.3) is 22.6 Å². The molecular weight excluding hydrogens is 300 g/mol. The van der Waals surface area contributed by atoms with Crippen LogP contribution in [0.3, 0.4) is 0 Å². The van der Waals surface area contributed by atoms with Crippen LogP contribution in [-0.2, 0) is 0 Å². The fourth-order valence-electron chi connectivity index (χ4n) is 2.49. The Morgan fingerprint density at radius 1 is 1.00 bits per heavy atom. The second kappa shape index (κ2) is 6.84. The molecule has 3 rings (SSSR count). The monoisotopic (exact) mass is 316 g/mol. The van der Waals surface area contributed by atoms with Crippen LogP contribution in [0.15, 0.2) is 54.6 Å². The van der Waals surface area contributed by atoms with Gasteiger partial charge in [-0.3, -0.25) is 0 Å². The molecule has 0 spiro atoms. The smallest absolute Gasteiger partial charge is 0.161 e. The molecule has 1 heterocycles. The average Bonchev–Trinajstić information content (AvgIpc) is 2.65. The minimum absolute atomic E-state index is 0.493. The number of hydrogen-bond acceptors (Lipinski definition) is 4. The van der Waals surface area contributed by atoms with Gasteiger partial charge in [-0.05, 0) is 35.9 Å². The zero-order valence-corrected chi connectivity index (χ0v) is 13.5. The average molecular weight is 316 g/mol. The molecule has 0 saturated heterocycles. The second-order valence-electron chi connectivity index (χ2n) is 5.17. The maximum atomic E-state index is 9.53. The van der Waals surface area contributed by atoms with Gasteiger partial charge in [0.05, 0.1) is 31.0 Å². The molecular formula is C20H16N2O2. The third-order valence-corrected chi connectivity index (χ3v) is 3.71. The highest BCUT2D eigenvalue weighted by molar-refractivity contribution is 5.91. The number of aromatic nitrogens is 1. The van der Waals surface area contributed by atoms with Crippen LogP contribution in [0.2, 0.25) is 0 Å². The van der Waals surface area contributed by atoms with Gasteiger partial charge in [-0.25, -0.2) is 4.98 Å².